The maximum absolute atomic E-state index is 5.92. The third-order valence-electron chi connectivity index (χ3n) is 3.45. The van der Waals surface area contributed by atoms with E-state index in [0.717, 1.165) is 41.3 Å². The molecule has 0 amide bonds. The Kier molecular flexibility index (Phi) is 5.78. The zero-order valence-corrected chi connectivity index (χ0v) is 13.7. The highest BCUT2D eigenvalue weighted by Crippen LogP contribution is 2.35. The van der Waals surface area contributed by atoms with Gasteiger partial charge in [0.1, 0.15) is 18.1 Å². The van der Waals surface area contributed by atoms with E-state index in [1.807, 2.05) is 32.3 Å². The van der Waals surface area contributed by atoms with Gasteiger partial charge in [0.15, 0.2) is 0 Å². The highest BCUT2D eigenvalue weighted by molar-refractivity contribution is 5.70. The molecule has 117 valence electrons. The molecule has 0 bridgehead atoms. The van der Waals surface area contributed by atoms with Gasteiger partial charge in [0.2, 0.25) is 0 Å². The Bertz CT molecular complexity index is 598. The quantitative estimate of drug-likeness (QED) is 0.787. The minimum atomic E-state index is 0.653. The van der Waals surface area contributed by atoms with Crippen LogP contribution in [0.2, 0.25) is 0 Å². The lowest BCUT2D eigenvalue weighted by Crippen LogP contribution is -2.19. The van der Waals surface area contributed by atoms with Crippen molar-refractivity contribution < 1.29 is 9.47 Å². The molecule has 0 aliphatic heterocycles. The summed E-state index contributed by atoms with van der Waals surface area (Å²) in [6.07, 6.45) is 3.76. The molecule has 0 saturated heterocycles. The number of likely N-dealkylation sites (N-methyl/N-ethyl adjacent to an activating group) is 1. The van der Waals surface area contributed by atoms with Crippen molar-refractivity contribution >= 4 is 0 Å². The normalized spacial score (nSPS) is 10.8. The van der Waals surface area contributed by atoms with E-state index in [9.17, 15) is 0 Å². The first-order valence-electron chi connectivity index (χ1n) is 7.47. The van der Waals surface area contributed by atoms with Crippen molar-refractivity contribution in [3.05, 3.63) is 42.1 Å². The van der Waals surface area contributed by atoms with Crippen LogP contribution in [0.25, 0.3) is 11.3 Å². The van der Waals surface area contributed by atoms with Crippen LogP contribution in [0.3, 0.4) is 0 Å². The van der Waals surface area contributed by atoms with E-state index in [-0.39, 0.29) is 0 Å². The van der Waals surface area contributed by atoms with Crippen molar-refractivity contribution in [1.29, 1.82) is 0 Å². The van der Waals surface area contributed by atoms with Crippen LogP contribution in [0.1, 0.15) is 12.5 Å². The molecule has 1 aromatic heterocycles. The standard InChI is InChI=1S/C18H23N2O2/c1-5-14-12-15(16-8-6-7-9-19-16)18(21-4)13-17(14)22-11-10-20(2)3/h6-8,12-13H,5,10-11H2,1-4H3. The molecule has 1 aromatic carbocycles. The van der Waals surface area contributed by atoms with E-state index in [4.69, 9.17) is 9.47 Å². The fourth-order valence-corrected chi connectivity index (χ4v) is 2.20. The van der Waals surface area contributed by atoms with Gasteiger partial charge in [-0.15, -0.1) is 0 Å². The number of nitrogens with zero attached hydrogens (tertiary/aromatic N) is 2. The molecular formula is C18H23N2O2. The molecule has 2 rings (SSSR count). The lowest BCUT2D eigenvalue weighted by Gasteiger charge is -2.17. The van der Waals surface area contributed by atoms with Gasteiger partial charge in [-0.1, -0.05) is 13.0 Å². The molecule has 1 radical (unpaired) electrons. The summed E-state index contributed by atoms with van der Waals surface area (Å²) in [5.74, 6) is 1.65. The summed E-state index contributed by atoms with van der Waals surface area (Å²) in [5, 5.41) is 0. The zero-order chi connectivity index (χ0) is 15.9. The third kappa shape index (κ3) is 3.98. The van der Waals surface area contributed by atoms with Crippen molar-refractivity contribution in [2.75, 3.05) is 34.4 Å². The smallest absolute Gasteiger partial charge is 0.131 e. The number of pyridine rings is 1. The number of ether oxygens (including phenoxy) is 2. The molecule has 0 aliphatic rings. The molecule has 1 heterocycles. The van der Waals surface area contributed by atoms with E-state index in [1.54, 1.807) is 13.2 Å². The number of hydrogen-bond acceptors (Lipinski definition) is 4. The number of aromatic nitrogens is 1. The average molecular weight is 299 g/mol. The van der Waals surface area contributed by atoms with Gasteiger partial charge in [-0.25, -0.2) is 4.98 Å². The topological polar surface area (TPSA) is 34.6 Å². The molecule has 0 atom stereocenters. The zero-order valence-electron chi connectivity index (χ0n) is 13.7. The Hall–Kier alpha value is -2.07. The Labute approximate surface area is 132 Å². The van der Waals surface area contributed by atoms with Crippen molar-refractivity contribution in [1.82, 2.24) is 9.88 Å². The maximum Gasteiger partial charge on any atom is 0.131 e. The summed E-state index contributed by atoms with van der Waals surface area (Å²) < 4.78 is 11.4. The van der Waals surface area contributed by atoms with E-state index in [1.165, 1.54) is 0 Å². The molecule has 22 heavy (non-hydrogen) atoms. The second kappa shape index (κ2) is 7.80. The van der Waals surface area contributed by atoms with Crippen LogP contribution >= 0.6 is 0 Å². The number of aryl methyl sites for hydroxylation is 1. The van der Waals surface area contributed by atoms with Gasteiger partial charge in [-0.2, -0.15) is 0 Å². The summed E-state index contributed by atoms with van der Waals surface area (Å²) >= 11 is 0. The second-order valence-corrected chi connectivity index (χ2v) is 5.32. The van der Waals surface area contributed by atoms with E-state index < -0.39 is 0 Å². The van der Waals surface area contributed by atoms with Crippen LogP contribution < -0.4 is 9.47 Å². The van der Waals surface area contributed by atoms with Gasteiger partial charge < -0.3 is 14.4 Å². The molecule has 0 spiro atoms. The van der Waals surface area contributed by atoms with Crippen molar-refractivity contribution in [3.8, 4) is 22.8 Å². The first kappa shape index (κ1) is 16.3. The largest absolute Gasteiger partial charge is 0.496 e. The Morgan fingerprint density at radius 1 is 1.23 bits per heavy atom. The number of methoxy groups -OCH3 is 1. The summed E-state index contributed by atoms with van der Waals surface area (Å²) in [6, 6.07) is 9.73. The minimum Gasteiger partial charge on any atom is -0.496 e. The first-order valence-corrected chi connectivity index (χ1v) is 7.47. The average Bonchev–Trinajstić information content (AvgIpc) is 2.54. The lowest BCUT2D eigenvalue weighted by atomic mass is 10.0. The third-order valence-corrected chi connectivity index (χ3v) is 3.45. The molecule has 0 fully saturated rings. The monoisotopic (exact) mass is 299 g/mol. The highest BCUT2D eigenvalue weighted by atomic mass is 16.5. The Morgan fingerprint density at radius 2 is 2.05 bits per heavy atom. The first-order chi connectivity index (χ1) is 10.7. The molecular weight excluding hydrogens is 276 g/mol. The highest BCUT2D eigenvalue weighted by Gasteiger charge is 2.13. The van der Waals surface area contributed by atoms with Crippen LogP contribution in [0.5, 0.6) is 11.5 Å². The molecule has 4 nitrogen and oxygen atoms in total. The molecule has 4 heteroatoms. The number of rotatable bonds is 7. The maximum atomic E-state index is 5.92. The predicted octanol–water partition coefficient (Wildman–Crippen LogP) is 3.06. The van der Waals surface area contributed by atoms with E-state index in [2.05, 4.69) is 29.1 Å². The van der Waals surface area contributed by atoms with Gasteiger partial charge in [0.05, 0.1) is 19.0 Å². The number of benzene rings is 1. The Morgan fingerprint density at radius 3 is 2.64 bits per heavy atom. The molecule has 0 saturated carbocycles. The molecule has 0 aliphatic carbocycles. The predicted molar refractivity (Wildman–Crippen MR) is 88.5 cm³/mol. The van der Waals surface area contributed by atoms with Gasteiger partial charge in [-0.3, -0.25) is 0 Å². The summed E-state index contributed by atoms with van der Waals surface area (Å²) in [5.41, 5.74) is 2.98. The van der Waals surface area contributed by atoms with Crippen LogP contribution in [0.4, 0.5) is 0 Å². The van der Waals surface area contributed by atoms with Gasteiger partial charge in [0, 0.05) is 18.2 Å². The van der Waals surface area contributed by atoms with Crippen LogP contribution in [0.15, 0.2) is 30.3 Å². The summed E-state index contributed by atoms with van der Waals surface area (Å²) in [4.78, 5) is 6.39. The van der Waals surface area contributed by atoms with Crippen LogP contribution in [-0.4, -0.2) is 44.2 Å². The van der Waals surface area contributed by atoms with Gasteiger partial charge in [-0.05, 0) is 44.3 Å². The molecule has 0 unspecified atom stereocenters. The van der Waals surface area contributed by atoms with Crippen molar-refractivity contribution in [2.24, 2.45) is 0 Å². The van der Waals surface area contributed by atoms with E-state index in [0.29, 0.717) is 6.61 Å². The van der Waals surface area contributed by atoms with Crippen molar-refractivity contribution in [2.45, 2.75) is 13.3 Å². The summed E-state index contributed by atoms with van der Waals surface area (Å²) in [7, 11) is 5.73. The number of hydrogen-bond donors (Lipinski definition) is 0. The second-order valence-electron chi connectivity index (χ2n) is 5.32. The Balaban J connectivity index is 2.33. The van der Waals surface area contributed by atoms with Crippen molar-refractivity contribution in [3.63, 3.8) is 0 Å². The fourth-order valence-electron chi connectivity index (χ4n) is 2.20. The fraction of sp³-hybridized carbons (Fsp3) is 0.389. The van der Waals surface area contributed by atoms with E-state index >= 15 is 0 Å². The summed E-state index contributed by atoms with van der Waals surface area (Å²) in [6.45, 7) is 3.65. The van der Waals surface area contributed by atoms with Gasteiger partial charge in [0.25, 0.3) is 0 Å². The lowest BCUT2D eigenvalue weighted by molar-refractivity contribution is 0.258. The molecule has 0 N–H and O–H groups in total. The SMILES string of the molecule is CCc1cc(-c2ccc[c]n2)c(OC)cc1OCCN(C)C. The van der Waals surface area contributed by atoms with Crippen LogP contribution in [0, 0.1) is 6.20 Å². The van der Waals surface area contributed by atoms with Crippen LogP contribution in [-0.2, 0) is 6.42 Å². The molecule has 2 aromatic rings. The van der Waals surface area contributed by atoms with Gasteiger partial charge >= 0.3 is 0 Å². The minimum absolute atomic E-state index is 0.653.